The van der Waals surface area contributed by atoms with Gasteiger partial charge in [0, 0.05) is 23.5 Å². The lowest BCUT2D eigenvalue weighted by molar-refractivity contribution is 0.0987. The summed E-state index contributed by atoms with van der Waals surface area (Å²) in [5, 5.41) is 7.95. The van der Waals surface area contributed by atoms with Crippen LogP contribution >= 0.6 is 22.7 Å². The Labute approximate surface area is 223 Å². The van der Waals surface area contributed by atoms with Gasteiger partial charge in [0.05, 0.1) is 28.4 Å². The fourth-order valence-corrected chi connectivity index (χ4v) is 6.29. The quantitative estimate of drug-likeness (QED) is 0.141. The third-order valence-electron chi connectivity index (χ3n) is 5.21. The summed E-state index contributed by atoms with van der Waals surface area (Å²) >= 11 is 2.79. The summed E-state index contributed by atoms with van der Waals surface area (Å²) in [7, 11) is -2.20. The molecule has 37 heavy (non-hydrogen) atoms. The van der Waals surface area contributed by atoms with Gasteiger partial charge in [-0.05, 0) is 53.9 Å². The predicted molar refractivity (Wildman–Crippen MR) is 150 cm³/mol. The SMILES string of the molecule is C=CCN(CC=C)S(=O)(=O)c1ccc(C(=O)N(/N=C/c2cccs2)c2nc3ccc(OC)cc3s2)cc1. The minimum absolute atomic E-state index is 0.0634. The fraction of sp³-hybridized carbons (Fsp3) is 0.115. The van der Waals surface area contributed by atoms with E-state index in [2.05, 4.69) is 23.2 Å². The van der Waals surface area contributed by atoms with Crippen LogP contribution in [0.3, 0.4) is 0 Å². The molecule has 4 aromatic rings. The lowest BCUT2D eigenvalue weighted by Gasteiger charge is -2.19. The first-order valence-electron chi connectivity index (χ1n) is 11.1. The van der Waals surface area contributed by atoms with Crippen molar-refractivity contribution >= 4 is 60.2 Å². The third kappa shape index (κ3) is 5.86. The summed E-state index contributed by atoms with van der Waals surface area (Å²) in [5.74, 6) is 0.234. The Morgan fingerprint density at radius 2 is 1.84 bits per heavy atom. The molecule has 0 saturated heterocycles. The first-order valence-corrected chi connectivity index (χ1v) is 14.2. The number of fused-ring (bicyclic) bond motifs is 1. The Balaban J connectivity index is 1.69. The number of sulfonamides is 1. The average molecular weight is 553 g/mol. The van der Waals surface area contributed by atoms with Gasteiger partial charge in [0.25, 0.3) is 5.91 Å². The molecule has 0 aliphatic heterocycles. The maximum atomic E-state index is 13.6. The molecule has 0 radical (unpaired) electrons. The lowest BCUT2D eigenvalue weighted by Crippen LogP contribution is -2.31. The summed E-state index contributed by atoms with van der Waals surface area (Å²) < 4.78 is 33.4. The van der Waals surface area contributed by atoms with Crippen molar-refractivity contribution in [1.82, 2.24) is 9.29 Å². The van der Waals surface area contributed by atoms with E-state index in [0.717, 1.165) is 9.58 Å². The van der Waals surface area contributed by atoms with Crippen LogP contribution in [-0.4, -0.2) is 50.0 Å². The van der Waals surface area contributed by atoms with E-state index >= 15 is 0 Å². The van der Waals surface area contributed by atoms with Gasteiger partial charge in [0.1, 0.15) is 5.75 Å². The molecule has 2 aromatic heterocycles. The Morgan fingerprint density at radius 1 is 1.11 bits per heavy atom. The van der Waals surface area contributed by atoms with E-state index in [1.165, 1.54) is 68.4 Å². The molecule has 0 aliphatic rings. The van der Waals surface area contributed by atoms with E-state index in [4.69, 9.17) is 4.74 Å². The number of anilines is 1. The Hall–Kier alpha value is -3.64. The van der Waals surface area contributed by atoms with Crippen molar-refractivity contribution in [2.24, 2.45) is 5.10 Å². The van der Waals surface area contributed by atoms with Gasteiger partial charge in [0.2, 0.25) is 15.2 Å². The zero-order valence-electron chi connectivity index (χ0n) is 20.0. The van der Waals surface area contributed by atoms with Gasteiger partial charge in [-0.25, -0.2) is 13.4 Å². The Kier molecular flexibility index (Phi) is 8.29. The molecule has 0 bridgehead atoms. The number of nitrogens with zero attached hydrogens (tertiary/aromatic N) is 4. The number of thiophene rings is 1. The molecule has 0 fully saturated rings. The second-order valence-corrected chi connectivity index (χ2v) is 11.6. The summed E-state index contributed by atoms with van der Waals surface area (Å²) in [6.45, 7) is 7.53. The molecule has 2 heterocycles. The second-order valence-electron chi connectivity index (χ2n) is 7.63. The third-order valence-corrected chi connectivity index (χ3v) is 8.85. The number of hydrazone groups is 1. The van der Waals surface area contributed by atoms with Crippen molar-refractivity contribution < 1.29 is 17.9 Å². The van der Waals surface area contributed by atoms with Crippen LogP contribution in [0.2, 0.25) is 0 Å². The minimum Gasteiger partial charge on any atom is -0.497 e. The molecule has 0 atom stereocenters. The maximum absolute atomic E-state index is 13.6. The van der Waals surface area contributed by atoms with Crippen molar-refractivity contribution in [2.45, 2.75) is 4.90 Å². The maximum Gasteiger partial charge on any atom is 0.280 e. The number of aromatic nitrogens is 1. The summed E-state index contributed by atoms with van der Waals surface area (Å²) in [6.07, 6.45) is 4.61. The molecule has 11 heteroatoms. The van der Waals surface area contributed by atoms with Crippen LogP contribution in [0.15, 0.2) is 95.3 Å². The molecular formula is C26H24N4O4S3. The molecule has 0 spiro atoms. The van der Waals surface area contributed by atoms with Gasteiger partial charge < -0.3 is 4.74 Å². The highest BCUT2D eigenvalue weighted by Crippen LogP contribution is 2.32. The first kappa shape index (κ1) is 26.4. The topological polar surface area (TPSA) is 92.2 Å². The van der Waals surface area contributed by atoms with Crippen molar-refractivity contribution in [3.8, 4) is 5.75 Å². The highest BCUT2D eigenvalue weighted by atomic mass is 32.2. The molecule has 8 nitrogen and oxygen atoms in total. The number of thiazole rings is 1. The lowest BCUT2D eigenvalue weighted by atomic mass is 10.2. The number of rotatable bonds is 11. The molecule has 0 saturated carbocycles. The standard InChI is InChI=1S/C26H24N4O4S3/c1-4-14-29(15-5-2)37(32,33)22-11-8-19(9-12-22)25(31)30(27-18-21-7-6-16-35-21)26-28-23-13-10-20(34-3)17-24(23)36-26/h4-13,16-18H,1-2,14-15H2,3H3/b27-18+. The van der Waals surface area contributed by atoms with Crippen molar-refractivity contribution in [3.05, 3.63) is 95.7 Å². The number of carbonyl (C=O) groups excluding carboxylic acids is 1. The van der Waals surface area contributed by atoms with Crippen molar-refractivity contribution in [1.29, 1.82) is 0 Å². The number of benzene rings is 2. The van der Waals surface area contributed by atoms with Gasteiger partial charge in [0.15, 0.2) is 0 Å². The largest absolute Gasteiger partial charge is 0.497 e. The van der Waals surface area contributed by atoms with Crippen LogP contribution in [-0.2, 0) is 10.0 Å². The highest BCUT2D eigenvalue weighted by Gasteiger charge is 2.25. The van der Waals surface area contributed by atoms with Gasteiger partial charge in [-0.15, -0.1) is 24.5 Å². The number of hydrogen-bond acceptors (Lipinski definition) is 8. The molecule has 1 amide bonds. The van der Waals surface area contributed by atoms with Gasteiger partial charge in [-0.1, -0.05) is 29.6 Å². The zero-order chi connectivity index (χ0) is 26.4. The molecular weight excluding hydrogens is 529 g/mol. The Bertz CT molecular complexity index is 1530. The van der Waals surface area contributed by atoms with Gasteiger partial charge >= 0.3 is 0 Å². The smallest absolute Gasteiger partial charge is 0.280 e. The van der Waals surface area contributed by atoms with Crippen molar-refractivity contribution in [2.75, 3.05) is 25.2 Å². The van der Waals surface area contributed by atoms with Gasteiger partial charge in [-0.3, -0.25) is 4.79 Å². The van der Waals surface area contributed by atoms with E-state index in [-0.39, 0.29) is 23.5 Å². The number of ether oxygens (including phenoxy) is 1. The van der Waals surface area contributed by atoms with Crippen LogP contribution in [0.25, 0.3) is 10.2 Å². The number of hydrogen-bond donors (Lipinski definition) is 0. The molecule has 190 valence electrons. The molecule has 0 N–H and O–H groups in total. The normalized spacial score (nSPS) is 11.7. The van der Waals surface area contributed by atoms with Crippen LogP contribution in [0.4, 0.5) is 5.13 Å². The van der Waals surface area contributed by atoms with Crippen molar-refractivity contribution in [3.63, 3.8) is 0 Å². The zero-order valence-corrected chi connectivity index (χ0v) is 22.4. The number of carbonyl (C=O) groups is 1. The van der Waals surface area contributed by atoms with Crippen LogP contribution in [0, 0.1) is 0 Å². The molecule has 0 aliphatic carbocycles. The van der Waals surface area contributed by atoms with E-state index in [0.29, 0.717) is 16.4 Å². The van der Waals surface area contributed by atoms with Crippen LogP contribution in [0.1, 0.15) is 15.2 Å². The van der Waals surface area contributed by atoms with E-state index in [1.54, 1.807) is 19.4 Å². The summed E-state index contributed by atoms with van der Waals surface area (Å²) in [5.41, 5.74) is 0.967. The fourth-order valence-electron chi connectivity index (χ4n) is 3.38. The minimum atomic E-state index is -3.79. The Morgan fingerprint density at radius 3 is 2.46 bits per heavy atom. The van der Waals surface area contributed by atoms with Crippen LogP contribution in [0.5, 0.6) is 5.75 Å². The number of amides is 1. The molecule has 2 aromatic carbocycles. The van der Waals surface area contributed by atoms with E-state index in [9.17, 15) is 13.2 Å². The van der Waals surface area contributed by atoms with E-state index < -0.39 is 15.9 Å². The average Bonchev–Trinajstić information content (AvgIpc) is 3.58. The second kappa shape index (κ2) is 11.6. The van der Waals surface area contributed by atoms with E-state index in [1.807, 2.05) is 29.6 Å². The number of methoxy groups -OCH3 is 1. The highest BCUT2D eigenvalue weighted by molar-refractivity contribution is 7.89. The monoisotopic (exact) mass is 552 g/mol. The summed E-state index contributed by atoms with van der Waals surface area (Å²) in [6, 6.07) is 15.0. The van der Waals surface area contributed by atoms with Crippen LogP contribution < -0.4 is 9.75 Å². The summed E-state index contributed by atoms with van der Waals surface area (Å²) in [4.78, 5) is 19.1. The first-order chi connectivity index (χ1) is 17.9. The predicted octanol–water partition coefficient (Wildman–Crippen LogP) is 5.41. The molecule has 4 rings (SSSR count). The van der Waals surface area contributed by atoms with Gasteiger partial charge in [-0.2, -0.15) is 14.4 Å². The molecule has 0 unspecified atom stereocenters.